The summed E-state index contributed by atoms with van der Waals surface area (Å²) < 4.78 is 39.7. The fourth-order valence-electron chi connectivity index (χ4n) is 2.01. The number of hydrogen-bond donors (Lipinski definition) is 2. The van der Waals surface area contributed by atoms with Crippen molar-refractivity contribution >= 4 is 51.5 Å². The lowest BCUT2D eigenvalue weighted by molar-refractivity contribution is -0.137. The van der Waals surface area contributed by atoms with E-state index in [1.165, 1.54) is 12.1 Å². The normalized spacial score (nSPS) is 11.0. The van der Waals surface area contributed by atoms with Crippen molar-refractivity contribution in [3.05, 3.63) is 62.7 Å². The highest BCUT2D eigenvalue weighted by Gasteiger charge is 2.34. The molecule has 0 aliphatic heterocycles. The highest BCUT2D eigenvalue weighted by molar-refractivity contribution is 14.1. The predicted molar refractivity (Wildman–Crippen MR) is 99.0 cm³/mol. The van der Waals surface area contributed by atoms with Crippen LogP contribution in [0.1, 0.15) is 21.5 Å². The van der Waals surface area contributed by atoms with E-state index in [0.717, 1.165) is 11.6 Å². The molecule has 0 saturated heterocycles. The van der Waals surface area contributed by atoms with Crippen LogP contribution >= 0.6 is 34.8 Å². The third-order valence-corrected chi connectivity index (χ3v) is 4.03. The molecule has 0 spiro atoms. The third-order valence-electron chi connectivity index (χ3n) is 3.15. The van der Waals surface area contributed by atoms with Crippen molar-refractivity contribution in [2.75, 3.05) is 5.32 Å². The fraction of sp³-hybridized carbons (Fsp3) is 0.125. The van der Waals surface area contributed by atoms with Crippen molar-refractivity contribution in [1.29, 1.82) is 0 Å². The Bertz CT molecular complexity index is 793. The SMILES string of the molecule is Cc1ccccc1C(=O)NC(=S)Nc1ccc(I)cc1C(F)(F)F. The number of carbonyl (C=O) groups is 1. The molecule has 126 valence electrons. The number of thiocarbonyl (C=S) groups is 1. The van der Waals surface area contributed by atoms with Crippen LogP contribution in [0.4, 0.5) is 18.9 Å². The average molecular weight is 464 g/mol. The number of benzene rings is 2. The smallest absolute Gasteiger partial charge is 0.332 e. The largest absolute Gasteiger partial charge is 0.418 e. The molecule has 0 bridgehead atoms. The van der Waals surface area contributed by atoms with E-state index >= 15 is 0 Å². The maximum Gasteiger partial charge on any atom is 0.418 e. The molecular weight excluding hydrogens is 452 g/mol. The van der Waals surface area contributed by atoms with Gasteiger partial charge in [0.25, 0.3) is 5.91 Å². The Balaban J connectivity index is 2.16. The topological polar surface area (TPSA) is 41.1 Å². The number of nitrogens with one attached hydrogen (secondary N) is 2. The molecule has 0 saturated carbocycles. The van der Waals surface area contributed by atoms with E-state index in [1.54, 1.807) is 53.8 Å². The van der Waals surface area contributed by atoms with Crippen molar-refractivity contribution in [3.63, 3.8) is 0 Å². The Hall–Kier alpha value is -1.68. The second-order valence-corrected chi connectivity index (χ2v) is 6.56. The Morgan fingerprint density at radius 3 is 2.46 bits per heavy atom. The van der Waals surface area contributed by atoms with Crippen LogP contribution in [-0.2, 0) is 6.18 Å². The summed E-state index contributed by atoms with van der Waals surface area (Å²) in [6.45, 7) is 1.76. The number of anilines is 1. The lowest BCUT2D eigenvalue weighted by atomic mass is 10.1. The highest BCUT2D eigenvalue weighted by atomic mass is 127. The number of alkyl halides is 3. The second kappa shape index (κ2) is 7.47. The van der Waals surface area contributed by atoms with Crippen LogP contribution in [0.5, 0.6) is 0 Å². The standard InChI is InChI=1S/C16H12F3IN2OS/c1-9-4-2-3-5-11(9)14(23)22-15(24)21-13-7-6-10(20)8-12(13)16(17,18)19/h2-8H,1H3,(H2,21,22,23,24). The molecule has 0 aliphatic rings. The van der Waals surface area contributed by atoms with Crippen molar-refractivity contribution in [2.24, 2.45) is 0 Å². The summed E-state index contributed by atoms with van der Waals surface area (Å²) in [5.41, 5.74) is 0.0863. The van der Waals surface area contributed by atoms with E-state index in [0.29, 0.717) is 9.13 Å². The summed E-state index contributed by atoms with van der Waals surface area (Å²) >= 11 is 6.76. The van der Waals surface area contributed by atoms with E-state index in [9.17, 15) is 18.0 Å². The molecule has 0 aromatic heterocycles. The van der Waals surface area contributed by atoms with Crippen molar-refractivity contribution in [2.45, 2.75) is 13.1 Å². The number of halogens is 4. The molecule has 24 heavy (non-hydrogen) atoms. The summed E-state index contributed by atoms with van der Waals surface area (Å²) in [4.78, 5) is 12.1. The zero-order valence-electron chi connectivity index (χ0n) is 12.4. The lowest BCUT2D eigenvalue weighted by Crippen LogP contribution is -2.35. The molecule has 1 amide bonds. The third kappa shape index (κ3) is 4.67. The number of carbonyl (C=O) groups excluding carboxylic acids is 1. The van der Waals surface area contributed by atoms with E-state index < -0.39 is 17.6 Å². The van der Waals surface area contributed by atoms with Gasteiger partial charge in [0.05, 0.1) is 11.3 Å². The van der Waals surface area contributed by atoms with Gasteiger partial charge < -0.3 is 5.32 Å². The zero-order valence-corrected chi connectivity index (χ0v) is 15.3. The summed E-state index contributed by atoms with van der Waals surface area (Å²) in [5.74, 6) is -0.482. The Labute approximate surface area is 155 Å². The van der Waals surface area contributed by atoms with Gasteiger partial charge in [0.15, 0.2) is 5.11 Å². The van der Waals surface area contributed by atoms with Gasteiger partial charge in [-0.05, 0) is 71.6 Å². The number of aryl methyl sites for hydroxylation is 1. The van der Waals surface area contributed by atoms with E-state index in [2.05, 4.69) is 10.6 Å². The van der Waals surface area contributed by atoms with Gasteiger partial charge in [-0.25, -0.2) is 0 Å². The van der Waals surface area contributed by atoms with Crippen LogP contribution < -0.4 is 10.6 Å². The molecule has 0 heterocycles. The monoisotopic (exact) mass is 464 g/mol. The summed E-state index contributed by atoms with van der Waals surface area (Å²) in [7, 11) is 0. The first-order chi connectivity index (χ1) is 11.2. The van der Waals surface area contributed by atoms with Crippen molar-refractivity contribution < 1.29 is 18.0 Å². The van der Waals surface area contributed by atoms with Crippen LogP contribution in [0.3, 0.4) is 0 Å². The Morgan fingerprint density at radius 1 is 1.17 bits per heavy atom. The predicted octanol–water partition coefficient (Wildman–Crippen LogP) is 4.75. The molecule has 0 unspecified atom stereocenters. The molecule has 2 N–H and O–H groups in total. The van der Waals surface area contributed by atoms with Crippen molar-refractivity contribution in [3.8, 4) is 0 Å². The molecule has 2 rings (SSSR count). The molecule has 0 atom stereocenters. The van der Waals surface area contributed by atoms with Gasteiger partial charge in [-0.3, -0.25) is 10.1 Å². The molecule has 8 heteroatoms. The average Bonchev–Trinajstić information content (AvgIpc) is 2.48. The summed E-state index contributed by atoms with van der Waals surface area (Å²) in [6.07, 6.45) is -4.53. The summed E-state index contributed by atoms with van der Waals surface area (Å²) in [5, 5.41) is 4.63. The molecule has 0 fully saturated rings. The van der Waals surface area contributed by atoms with Gasteiger partial charge in [-0.1, -0.05) is 18.2 Å². The minimum absolute atomic E-state index is 0.199. The first kappa shape index (κ1) is 18.7. The molecule has 0 aliphatic carbocycles. The Morgan fingerprint density at radius 2 is 1.83 bits per heavy atom. The quantitative estimate of drug-likeness (QED) is 0.498. The number of hydrogen-bond acceptors (Lipinski definition) is 2. The molecule has 3 nitrogen and oxygen atoms in total. The minimum Gasteiger partial charge on any atom is -0.332 e. The fourth-order valence-corrected chi connectivity index (χ4v) is 2.71. The van der Waals surface area contributed by atoms with Crippen molar-refractivity contribution in [1.82, 2.24) is 5.32 Å². The van der Waals surface area contributed by atoms with Gasteiger partial charge >= 0.3 is 6.18 Å². The van der Waals surface area contributed by atoms with Crippen LogP contribution in [0.25, 0.3) is 0 Å². The lowest BCUT2D eigenvalue weighted by Gasteiger charge is -2.16. The second-order valence-electron chi connectivity index (χ2n) is 4.91. The first-order valence-electron chi connectivity index (χ1n) is 6.73. The van der Waals surface area contributed by atoms with Crippen LogP contribution in [-0.4, -0.2) is 11.0 Å². The molecular formula is C16H12F3IN2OS. The minimum atomic E-state index is -4.53. The van der Waals surface area contributed by atoms with E-state index in [-0.39, 0.29) is 10.8 Å². The van der Waals surface area contributed by atoms with Gasteiger partial charge in [0.1, 0.15) is 0 Å². The molecule has 2 aromatic carbocycles. The van der Waals surface area contributed by atoms with E-state index in [1.807, 2.05) is 0 Å². The highest BCUT2D eigenvalue weighted by Crippen LogP contribution is 2.35. The maximum atomic E-state index is 13.1. The van der Waals surface area contributed by atoms with Gasteiger partial charge in [-0.15, -0.1) is 0 Å². The van der Waals surface area contributed by atoms with Crippen LogP contribution in [0.2, 0.25) is 0 Å². The number of rotatable bonds is 2. The van der Waals surface area contributed by atoms with Crippen LogP contribution in [0.15, 0.2) is 42.5 Å². The number of amides is 1. The van der Waals surface area contributed by atoms with Gasteiger partial charge in [0, 0.05) is 9.13 Å². The molecule has 2 aromatic rings. The first-order valence-corrected chi connectivity index (χ1v) is 8.22. The molecule has 0 radical (unpaired) electrons. The zero-order chi connectivity index (χ0) is 17.9. The summed E-state index contributed by atoms with van der Waals surface area (Å²) in [6, 6.07) is 10.6. The Kier molecular flexibility index (Phi) is 5.81. The maximum absolute atomic E-state index is 13.1. The van der Waals surface area contributed by atoms with Crippen LogP contribution in [0, 0.1) is 10.5 Å². The van der Waals surface area contributed by atoms with Gasteiger partial charge in [0.2, 0.25) is 0 Å². The van der Waals surface area contributed by atoms with E-state index in [4.69, 9.17) is 12.2 Å². The van der Waals surface area contributed by atoms with Gasteiger partial charge in [-0.2, -0.15) is 13.2 Å².